The van der Waals surface area contributed by atoms with Crippen LogP contribution >= 0.6 is 11.6 Å². The first-order valence-electron chi connectivity index (χ1n) is 5.61. The van der Waals surface area contributed by atoms with E-state index >= 15 is 0 Å². The van der Waals surface area contributed by atoms with Gasteiger partial charge in [-0.25, -0.2) is 4.39 Å². The Labute approximate surface area is 106 Å². The van der Waals surface area contributed by atoms with Crippen LogP contribution in [0.4, 0.5) is 4.39 Å². The molecule has 0 heterocycles. The van der Waals surface area contributed by atoms with Crippen molar-refractivity contribution in [3.8, 4) is 0 Å². The Hall–Kier alpha value is -0.930. The quantitative estimate of drug-likeness (QED) is 0.881. The third-order valence-corrected chi connectivity index (χ3v) is 3.66. The molecule has 0 bridgehead atoms. The summed E-state index contributed by atoms with van der Waals surface area (Å²) in [5, 5.41) is 0.286. The summed E-state index contributed by atoms with van der Waals surface area (Å²) < 4.78 is 13.5. The van der Waals surface area contributed by atoms with Crippen molar-refractivity contribution < 1.29 is 9.18 Å². The molecule has 1 rings (SSSR count). The number of rotatable bonds is 5. The zero-order valence-corrected chi connectivity index (χ0v) is 10.9. The number of Topliss-reactive ketones (excluding diaryl/α,β-unsaturated/α-hetero) is 1. The van der Waals surface area contributed by atoms with Gasteiger partial charge in [0.1, 0.15) is 11.6 Å². The van der Waals surface area contributed by atoms with Gasteiger partial charge in [-0.3, -0.25) is 4.79 Å². The van der Waals surface area contributed by atoms with Gasteiger partial charge >= 0.3 is 0 Å². The van der Waals surface area contributed by atoms with E-state index in [0.717, 1.165) is 0 Å². The predicted molar refractivity (Wildman–Crippen MR) is 67.6 cm³/mol. The third-order valence-electron chi connectivity index (χ3n) is 3.30. The molecule has 94 valence electrons. The monoisotopic (exact) mass is 257 g/mol. The van der Waals surface area contributed by atoms with Gasteiger partial charge in [0.15, 0.2) is 0 Å². The number of halogens is 2. The summed E-state index contributed by atoms with van der Waals surface area (Å²) in [6, 6.07) is 4.41. The van der Waals surface area contributed by atoms with Crippen molar-refractivity contribution in [3.05, 3.63) is 34.6 Å². The molecule has 1 atom stereocenters. The van der Waals surface area contributed by atoms with Crippen molar-refractivity contribution in [2.45, 2.75) is 26.7 Å². The van der Waals surface area contributed by atoms with Gasteiger partial charge in [0.2, 0.25) is 0 Å². The Balaban J connectivity index is 2.96. The second-order valence-electron chi connectivity index (χ2n) is 4.42. The number of hydrogen-bond acceptors (Lipinski definition) is 2. The maximum atomic E-state index is 13.5. The van der Waals surface area contributed by atoms with Crippen LogP contribution in [0, 0.1) is 11.2 Å². The zero-order chi connectivity index (χ0) is 13.1. The van der Waals surface area contributed by atoms with Crippen molar-refractivity contribution in [1.82, 2.24) is 0 Å². The first-order valence-corrected chi connectivity index (χ1v) is 5.98. The molecular weight excluding hydrogens is 241 g/mol. The van der Waals surface area contributed by atoms with E-state index in [2.05, 4.69) is 0 Å². The molecule has 1 aromatic rings. The summed E-state index contributed by atoms with van der Waals surface area (Å²) in [4.78, 5) is 12.1. The summed E-state index contributed by atoms with van der Waals surface area (Å²) in [6.07, 6.45) is 0.626. The highest BCUT2D eigenvalue weighted by Crippen LogP contribution is 2.26. The average Bonchev–Trinajstić information content (AvgIpc) is 2.32. The van der Waals surface area contributed by atoms with Crippen LogP contribution in [0.5, 0.6) is 0 Å². The fourth-order valence-electron chi connectivity index (χ4n) is 1.53. The summed E-state index contributed by atoms with van der Waals surface area (Å²) in [7, 11) is 0. The van der Waals surface area contributed by atoms with E-state index in [1.807, 2.05) is 6.92 Å². The lowest BCUT2D eigenvalue weighted by Gasteiger charge is -2.24. The molecule has 2 nitrogen and oxygen atoms in total. The Morgan fingerprint density at radius 3 is 2.65 bits per heavy atom. The summed E-state index contributed by atoms with van der Waals surface area (Å²) in [6.45, 7) is 3.95. The van der Waals surface area contributed by atoms with E-state index in [1.54, 1.807) is 13.0 Å². The standard InChI is InChI=1S/C13H17ClFNO/c1-3-13(2,8-16)12(17)7-9-10(14)5-4-6-11(9)15/h4-6H,3,7-8,16H2,1-2H3. The van der Waals surface area contributed by atoms with E-state index < -0.39 is 11.2 Å². The van der Waals surface area contributed by atoms with Gasteiger partial charge in [0, 0.05) is 29.0 Å². The van der Waals surface area contributed by atoms with Gasteiger partial charge < -0.3 is 5.73 Å². The van der Waals surface area contributed by atoms with Crippen molar-refractivity contribution >= 4 is 17.4 Å². The molecule has 0 saturated heterocycles. The largest absolute Gasteiger partial charge is 0.329 e. The van der Waals surface area contributed by atoms with Gasteiger partial charge in [-0.15, -0.1) is 0 Å². The smallest absolute Gasteiger partial charge is 0.144 e. The molecule has 0 radical (unpaired) electrons. The van der Waals surface area contributed by atoms with Crippen molar-refractivity contribution in [2.75, 3.05) is 6.54 Å². The van der Waals surface area contributed by atoms with Crippen molar-refractivity contribution in [1.29, 1.82) is 0 Å². The minimum Gasteiger partial charge on any atom is -0.329 e. The lowest BCUT2D eigenvalue weighted by atomic mass is 9.80. The minimum absolute atomic E-state index is 0.00690. The van der Waals surface area contributed by atoms with Crippen LogP contribution in [-0.4, -0.2) is 12.3 Å². The van der Waals surface area contributed by atoms with Crippen molar-refractivity contribution in [2.24, 2.45) is 11.1 Å². The zero-order valence-electron chi connectivity index (χ0n) is 10.1. The maximum absolute atomic E-state index is 13.5. The molecule has 17 heavy (non-hydrogen) atoms. The fraction of sp³-hybridized carbons (Fsp3) is 0.462. The van der Waals surface area contributed by atoms with Crippen LogP contribution in [0.1, 0.15) is 25.8 Å². The number of ketones is 1. The maximum Gasteiger partial charge on any atom is 0.144 e. The second-order valence-corrected chi connectivity index (χ2v) is 4.83. The molecular formula is C13H17ClFNO. The highest BCUT2D eigenvalue weighted by molar-refractivity contribution is 6.31. The summed E-state index contributed by atoms with van der Waals surface area (Å²) in [5.41, 5.74) is 5.25. The molecule has 0 saturated carbocycles. The predicted octanol–water partition coefficient (Wildman–Crippen LogP) is 2.97. The highest BCUT2D eigenvalue weighted by Gasteiger charge is 2.30. The van der Waals surface area contributed by atoms with Gasteiger partial charge in [-0.1, -0.05) is 31.5 Å². The summed E-state index contributed by atoms with van der Waals surface area (Å²) in [5.74, 6) is -0.518. The van der Waals surface area contributed by atoms with E-state index in [4.69, 9.17) is 17.3 Å². The number of hydrogen-bond donors (Lipinski definition) is 1. The van der Waals surface area contributed by atoms with Crippen LogP contribution in [0.25, 0.3) is 0 Å². The molecule has 0 fully saturated rings. The first kappa shape index (κ1) is 14.1. The molecule has 0 aliphatic heterocycles. The van der Waals surface area contributed by atoms with Gasteiger partial charge in [-0.2, -0.15) is 0 Å². The lowest BCUT2D eigenvalue weighted by Crippen LogP contribution is -2.36. The molecule has 0 aromatic heterocycles. The van der Waals surface area contributed by atoms with E-state index in [-0.39, 0.29) is 29.3 Å². The molecule has 0 spiro atoms. The molecule has 0 amide bonds. The molecule has 1 unspecified atom stereocenters. The second kappa shape index (κ2) is 5.61. The number of carbonyl (C=O) groups is 1. The van der Waals surface area contributed by atoms with Crippen LogP contribution in [-0.2, 0) is 11.2 Å². The number of benzene rings is 1. The minimum atomic E-state index is -0.606. The molecule has 4 heteroatoms. The SMILES string of the molecule is CCC(C)(CN)C(=O)Cc1c(F)cccc1Cl. The molecule has 2 N–H and O–H groups in total. The van der Waals surface area contributed by atoms with Gasteiger partial charge in [-0.05, 0) is 18.6 Å². The topological polar surface area (TPSA) is 43.1 Å². The molecule has 0 aliphatic rings. The Morgan fingerprint density at radius 1 is 1.53 bits per heavy atom. The molecule has 0 aliphatic carbocycles. The number of carbonyl (C=O) groups excluding carboxylic acids is 1. The van der Waals surface area contributed by atoms with E-state index in [1.165, 1.54) is 12.1 Å². The number of nitrogens with two attached hydrogens (primary N) is 1. The van der Waals surface area contributed by atoms with Crippen molar-refractivity contribution in [3.63, 3.8) is 0 Å². The van der Waals surface area contributed by atoms with E-state index in [9.17, 15) is 9.18 Å². The lowest BCUT2D eigenvalue weighted by molar-refractivity contribution is -0.127. The van der Waals surface area contributed by atoms with E-state index in [0.29, 0.717) is 6.42 Å². The Bertz CT molecular complexity index is 396. The summed E-state index contributed by atoms with van der Waals surface area (Å²) >= 11 is 5.89. The van der Waals surface area contributed by atoms with Gasteiger partial charge in [0.05, 0.1) is 0 Å². The Kier molecular flexibility index (Phi) is 4.66. The fourth-order valence-corrected chi connectivity index (χ4v) is 1.76. The van der Waals surface area contributed by atoms with Crippen LogP contribution in [0.2, 0.25) is 5.02 Å². The highest BCUT2D eigenvalue weighted by atomic mass is 35.5. The first-order chi connectivity index (χ1) is 7.94. The van der Waals surface area contributed by atoms with Gasteiger partial charge in [0.25, 0.3) is 0 Å². The van der Waals surface area contributed by atoms with Crippen LogP contribution in [0.3, 0.4) is 0 Å². The normalized spacial score (nSPS) is 14.4. The molecule has 1 aromatic carbocycles. The van der Waals surface area contributed by atoms with Crippen LogP contribution in [0.15, 0.2) is 18.2 Å². The Morgan fingerprint density at radius 2 is 2.18 bits per heavy atom. The average molecular weight is 258 g/mol. The third kappa shape index (κ3) is 3.05. The van der Waals surface area contributed by atoms with Crippen LogP contribution < -0.4 is 5.73 Å².